The van der Waals surface area contributed by atoms with Gasteiger partial charge in [0.2, 0.25) is 0 Å². The summed E-state index contributed by atoms with van der Waals surface area (Å²) in [6.07, 6.45) is 6.24. The van der Waals surface area contributed by atoms with Gasteiger partial charge in [0.05, 0.1) is 11.4 Å². The molecule has 0 bridgehead atoms. The first-order valence-electron chi connectivity index (χ1n) is 11.1. The van der Waals surface area contributed by atoms with E-state index < -0.39 is 0 Å². The predicted molar refractivity (Wildman–Crippen MR) is 123 cm³/mol. The Morgan fingerprint density at radius 2 is 1.58 bits per heavy atom. The first-order chi connectivity index (χ1) is 15.3. The molecule has 0 atom stereocenters. The molecule has 2 aromatic carbocycles. The van der Waals surface area contributed by atoms with Gasteiger partial charge in [-0.2, -0.15) is 5.10 Å². The molecule has 156 valence electrons. The maximum atomic E-state index is 12.8. The Bertz CT molecular complexity index is 1180. The average molecular weight is 411 g/mol. The topological polar surface area (TPSA) is 59.3 Å². The number of rotatable bonds is 5. The monoisotopic (exact) mass is 410 g/mol. The lowest BCUT2D eigenvalue weighted by atomic mass is 9.89. The molecule has 1 aliphatic carbocycles. The number of nitrogens with one attached hydrogen (secondary N) is 1. The second-order valence-electron chi connectivity index (χ2n) is 8.27. The van der Waals surface area contributed by atoms with Crippen LogP contribution in [0.15, 0.2) is 72.8 Å². The number of hydrogen-bond acceptors (Lipinski definition) is 3. The van der Waals surface area contributed by atoms with E-state index in [-0.39, 0.29) is 5.91 Å². The minimum atomic E-state index is -0.128. The van der Waals surface area contributed by atoms with E-state index in [0.717, 1.165) is 29.1 Å². The summed E-state index contributed by atoms with van der Waals surface area (Å²) in [6.45, 7) is 0.723. The van der Waals surface area contributed by atoms with E-state index >= 15 is 0 Å². The smallest absolute Gasteiger partial charge is 0.271 e. The molecule has 0 radical (unpaired) electrons. The lowest BCUT2D eigenvalue weighted by molar-refractivity contribution is 0.0938. The van der Waals surface area contributed by atoms with Crippen LogP contribution in [0.3, 0.4) is 0 Å². The Morgan fingerprint density at radius 3 is 2.29 bits per heavy atom. The number of fused-ring (bicyclic) bond motifs is 1. The fourth-order valence-electron chi connectivity index (χ4n) is 4.38. The quantitative estimate of drug-likeness (QED) is 0.481. The van der Waals surface area contributed by atoms with Gasteiger partial charge in [0.25, 0.3) is 5.91 Å². The third kappa shape index (κ3) is 4.22. The Balaban J connectivity index is 1.51. The van der Waals surface area contributed by atoms with E-state index in [4.69, 9.17) is 4.98 Å². The van der Waals surface area contributed by atoms with Crippen LogP contribution in [0.2, 0.25) is 0 Å². The summed E-state index contributed by atoms with van der Waals surface area (Å²) in [5.41, 5.74) is 4.92. The van der Waals surface area contributed by atoms with Crippen LogP contribution in [-0.2, 0) is 0 Å². The van der Waals surface area contributed by atoms with Crippen LogP contribution in [0.1, 0.15) is 42.6 Å². The van der Waals surface area contributed by atoms with Crippen LogP contribution < -0.4 is 5.32 Å². The predicted octanol–water partition coefficient (Wildman–Crippen LogP) is 5.37. The molecule has 5 rings (SSSR count). The molecule has 1 amide bonds. The summed E-state index contributed by atoms with van der Waals surface area (Å²) in [5.74, 6) is 0.453. The molecular weight excluding hydrogens is 384 g/mol. The highest BCUT2D eigenvalue weighted by Crippen LogP contribution is 2.27. The van der Waals surface area contributed by atoms with Crippen molar-refractivity contribution in [3.63, 3.8) is 0 Å². The van der Waals surface area contributed by atoms with Crippen molar-refractivity contribution in [3.05, 3.63) is 78.5 Å². The van der Waals surface area contributed by atoms with E-state index in [1.165, 1.54) is 32.1 Å². The molecule has 0 aliphatic heterocycles. The van der Waals surface area contributed by atoms with Crippen LogP contribution in [0.5, 0.6) is 0 Å². The minimum Gasteiger partial charge on any atom is -0.350 e. The standard InChI is InChI=1S/C26H26N4O/c31-26(27-18-19-10-4-1-5-11-19)23-17-25-28-22(20-12-6-2-7-13-20)16-24(30(25)29-23)21-14-8-3-9-15-21/h2-3,6-9,12-17,19H,1,4-5,10-11,18H2,(H,27,31). The van der Waals surface area contributed by atoms with Gasteiger partial charge in [0.15, 0.2) is 11.3 Å². The van der Waals surface area contributed by atoms with E-state index in [1.54, 1.807) is 10.6 Å². The highest BCUT2D eigenvalue weighted by molar-refractivity contribution is 5.93. The second-order valence-corrected chi connectivity index (χ2v) is 8.27. The normalized spacial score (nSPS) is 14.6. The van der Waals surface area contributed by atoms with Gasteiger partial charge in [-0.1, -0.05) is 79.9 Å². The molecule has 2 heterocycles. The van der Waals surface area contributed by atoms with E-state index in [9.17, 15) is 4.79 Å². The Hall–Kier alpha value is -3.47. The summed E-state index contributed by atoms with van der Waals surface area (Å²) in [6, 6.07) is 24.0. The molecular formula is C26H26N4O. The maximum absolute atomic E-state index is 12.8. The lowest BCUT2D eigenvalue weighted by Gasteiger charge is -2.21. The molecule has 1 N–H and O–H groups in total. The van der Waals surface area contributed by atoms with Gasteiger partial charge in [-0.05, 0) is 24.8 Å². The zero-order valence-corrected chi connectivity index (χ0v) is 17.5. The number of carbonyl (C=O) groups is 1. The number of benzene rings is 2. The molecule has 1 aliphatic rings. The van der Waals surface area contributed by atoms with Gasteiger partial charge in [0, 0.05) is 23.7 Å². The molecule has 5 nitrogen and oxygen atoms in total. The molecule has 0 spiro atoms. The number of hydrogen-bond donors (Lipinski definition) is 1. The molecule has 1 saturated carbocycles. The van der Waals surface area contributed by atoms with E-state index in [0.29, 0.717) is 17.3 Å². The fraction of sp³-hybridized carbons (Fsp3) is 0.269. The third-order valence-electron chi connectivity index (χ3n) is 6.07. The SMILES string of the molecule is O=C(NCC1CCCCC1)c1cc2nc(-c3ccccc3)cc(-c3ccccc3)n2n1. The van der Waals surface area contributed by atoms with Gasteiger partial charge in [-0.3, -0.25) is 4.79 Å². The van der Waals surface area contributed by atoms with Gasteiger partial charge >= 0.3 is 0 Å². The first-order valence-corrected chi connectivity index (χ1v) is 11.1. The second kappa shape index (κ2) is 8.72. The van der Waals surface area contributed by atoms with Crippen molar-refractivity contribution in [2.75, 3.05) is 6.54 Å². The summed E-state index contributed by atoms with van der Waals surface area (Å²) in [5, 5.41) is 7.72. The first kappa shape index (κ1) is 19.5. The number of aromatic nitrogens is 3. The summed E-state index contributed by atoms with van der Waals surface area (Å²) < 4.78 is 1.78. The average Bonchev–Trinajstić information content (AvgIpc) is 3.28. The Kier molecular flexibility index (Phi) is 5.48. The number of carbonyl (C=O) groups excluding carboxylic acids is 1. The van der Waals surface area contributed by atoms with E-state index in [2.05, 4.69) is 10.4 Å². The Labute approximate surface area is 182 Å². The van der Waals surface area contributed by atoms with Gasteiger partial charge in [0.1, 0.15) is 0 Å². The molecule has 31 heavy (non-hydrogen) atoms. The summed E-state index contributed by atoms with van der Waals surface area (Å²) in [7, 11) is 0. The zero-order valence-electron chi connectivity index (χ0n) is 17.5. The van der Waals surface area contributed by atoms with Crippen LogP contribution in [0.25, 0.3) is 28.2 Å². The molecule has 5 heteroatoms. The van der Waals surface area contributed by atoms with Crippen molar-refractivity contribution in [2.24, 2.45) is 5.92 Å². The van der Waals surface area contributed by atoms with Crippen molar-refractivity contribution < 1.29 is 4.79 Å². The molecule has 0 saturated heterocycles. The van der Waals surface area contributed by atoms with Gasteiger partial charge in [-0.15, -0.1) is 0 Å². The van der Waals surface area contributed by atoms with Gasteiger partial charge < -0.3 is 5.32 Å². The number of amides is 1. The summed E-state index contributed by atoms with van der Waals surface area (Å²) in [4.78, 5) is 17.7. The van der Waals surface area contributed by atoms with Crippen molar-refractivity contribution >= 4 is 11.6 Å². The zero-order chi connectivity index (χ0) is 21.0. The van der Waals surface area contributed by atoms with Crippen LogP contribution in [0, 0.1) is 5.92 Å². The Morgan fingerprint density at radius 1 is 0.903 bits per heavy atom. The van der Waals surface area contributed by atoms with Crippen molar-refractivity contribution in [1.29, 1.82) is 0 Å². The van der Waals surface area contributed by atoms with Crippen molar-refractivity contribution in [2.45, 2.75) is 32.1 Å². The van der Waals surface area contributed by atoms with E-state index in [1.807, 2.05) is 66.7 Å². The largest absolute Gasteiger partial charge is 0.350 e. The summed E-state index contributed by atoms with van der Waals surface area (Å²) >= 11 is 0. The van der Waals surface area contributed by atoms with Crippen molar-refractivity contribution in [3.8, 4) is 22.5 Å². The van der Waals surface area contributed by atoms with Crippen molar-refractivity contribution in [1.82, 2.24) is 19.9 Å². The molecule has 4 aromatic rings. The van der Waals surface area contributed by atoms with Gasteiger partial charge in [-0.25, -0.2) is 9.50 Å². The fourth-order valence-corrected chi connectivity index (χ4v) is 4.38. The number of nitrogens with zero attached hydrogens (tertiary/aromatic N) is 3. The third-order valence-corrected chi connectivity index (χ3v) is 6.07. The lowest BCUT2D eigenvalue weighted by Crippen LogP contribution is -2.30. The molecule has 0 unspecified atom stereocenters. The highest BCUT2D eigenvalue weighted by Gasteiger charge is 2.18. The van der Waals surface area contributed by atoms with Crippen LogP contribution in [-0.4, -0.2) is 27.0 Å². The molecule has 2 aromatic heterocycles. The minimum absolute atomic E-state index is 0.128. The highest BCUT2D eigenvalue weighted by atomic mass is 16.1. The van der Waals surface area contributed by atoms with Crippen LogP contribution in [0.4, 0.5) is 0 Å². The molecule has 1 fully saturated rings. The maximum Gasteiger partial charge on any atom is 0.271 e. The van der Waals surface area contributed by atoms with Crippen LogP contribution >= 0.6 is 0 Å².